The molecule has 54 heavy (non-hydrogen) atoms. The zero-order valence-corrected chi connectivity index (χ0v) is 30.8. The Bertz CT molecular complexity index is 2260. The van der Waals surface area contributed by atoms with Gasteiger partial charge >= 0.3 is 0 Å². The summed E-state index contributed by atoms with van der Waals surface area (Å²) in [5.41, 5.74) is 4.16. The highest BCUT2D eigenvalue weighted by atomic mass is 35.5. The Balaban J connectivity index is 1.37. The van der Waals surface area contributed by atoms with Crippen LogP contribution in [0.25, 0.3) is 0 Å². The quantitative estimate of drug-likeness (QED) is 0.148. The van der Waals surface area contributed by atoms with Crippen LogP contribution in [0.2, 0.25) is 10.0 Å². The number of carbonyl (C=O) groups is 4. The number of nitrogens with one attached hydrogen (secondary N) is 1. The van der Waals surface area contributed by atoms with E-state index in [2.05, 4.69) is 5.43 Å². The predicted octanol–water partition coefficient (Wildman–Crippen LogP) is 7.35. The molecule has 4 aromatic carbocycles. The van der Waals surface area contributed by atoms with E-state index < -0.39 is 58.5 Å². The second kappa shape index (κ2) is 13.2. The second-order valence-electron chi connectivity index (χ2n) is 14.1. The Kier molecular flexibility index (Phi) is 8.69. The monoisotopic (exact) mass is 769 g/mol. The van der Waals surface area contributed by atoms with E-state index in [9.17, 15) is 23.9 Å². The molecule has 4 aromatic rings. The van der Waals surface area contributed by atoms with E-state index in [1.54, 1.807) is 42.5 Å². The first-order valence-corrected chi connectivity index (χ1v) is 18.1. The number of hydrogen-bond donors (Lipinski definition) is 2. The average molecular weight is 771 g/mol. The fourth-order valence-electron chi connectivity index (χ4n) is 9.15. The van der Waals surface area contributed by atoms with Crippen molar-refractivity contribution in [2.45, 2.75) is 31.1 Å². The highest BCUT2D eigenvalue weighted by molar-refractivity contribution is 6.32. The first-order chi connectivity index (χ1) is 25.9. The lowest BCUT2D eigenvalue weighted by atomic mass is 9.49. The summed E-state index contributed by atoms with van der Waals surface area (Å²) < 4.78 is 25.7. The van der Waals surface area contributed by atoms with E-state index >= 15 is 4.79 Å². The molecule has 276 valence electrons. The molecule has 0 radical (unpaired) electrons. The van der Waals surface area contributed by atoms with Crippen molar-refractivity contribution in [2.24, 2.45) is 23.7 Å². The maximum absolute atomic E-state index is 15.4. The molecule has 6 unspecified atom stereocenters. The number of rotatable bonds is 7. The number of carbonyl (C=O) groups excluding carboxylic acids is 4. The minimum atomic E-state index is -1.68. The third kappa shape index (κ3) is 5.20. The van der Waals surface area contributed by atoms with Crippen LogP contribution in [0.4, 0.5) is 15.8 Å². The van der Waals surface area contributed by atoms with Crippen molar-refractivity contribution in [3.8, 4) is 17.2 Å². The van der Waals surface area contributed by atoms with Gasteiger partial charge in [0.1, 0.15) is 23.1 Å². The van der Waals surface area contributed by atoms with Gasteiger partial charge in [-0.1, -0.05) is 53.1 Å². The summed E-state index contributed by atoms with van der Waals surface area (Å²) in [5.74, 6) is -6.71. The van der Waals surface area contributed by atoms with Crippen LogP contribution in [0.15, 0.2) is 90.5 Å². The van der Waals surface area contributed by atoms with Crippen LogP contribution in [0.1, 0.15) is 35.4 Å². The van der Waals surface area contributed by atoms with Crippen molar-refractivity contribution in [1.82, 2.24) is 5.01 Å². The Morgan fingerprint density at radius 2 is 1.52 bits per heavy atom. The van der Waals surface area contributed by atoms with Crippen LogP contribution < -0.4 is 19.8 Å². The lowest BCUT2D eigenvalue weighted by Crippen LogP contribution is -2.53. The third-order valence-electron chi connectivity index (χ3n) is 11.5. The Hall–Kier alpha value is -5.39. The fraction of sp³-hybridized carbons (Fsp3) is 0.268. The first-order valence-electron chi connectivity index (χ1n) is 17.4. The van der Waals surface area contributed by atoms with E-state index in [0.29, 0.717) is 38.1 Å². The molecule has 0 spiro atoms. The number of anilines is 2. The van der Waals surface area contributed by atoms with Gasteiger partial charge in [0.05, 0.1) is 48.8 Å². The molecule has 4 aliphatic rings. The number of aryl methyl sites for hydroxylation is 1. The minimum absolute atomic E-state index is 0.0303. The summed E-state index contributed by atoms with van der Waals surface area (Å²) in [4.78, 5) is 60.3. The SMILES string of the molecule is COc1cc(O)cc(OC)c1C1C2=CCC3C(=O)N(c4ccc(C)c(Cl)c4)C(=O)C3C2CC2C(=O)N(Nc3ccc(F)cc3)C(=O)C21c1ccc(Cl)cc1. The summed E-state index contributed by atoms with van der Waals surface area (Å²) >= 11 is 12.8. The summed E-state index contributed by atoms with van der Waals surface area (Å²) in [6.45, 7) is 1.82. The number of hydrazine groups is 1. The summed E-state index contributed by atoms with van der Waals surface area (Å²) in [6, 6.07) is 19.8. The number of amides is 4. The van der Waals surface area contributed by atoms with Crippen molar-refractivity contribution in [3.63, 3.8) is 0 Å². The normalized spacial score (nSPS) is 26.0. The molecule has 13 heteroatoms. The number of methoxy groups -OCH3 is 2. The maximum Gasteiger partial charge on any atom is 0.260 e. The van der Waals surface area contributed by atoms with Crippen molar-refractivity contribution < 1.29 is 38.1 Å². The molecule has 2 aliphatic heterocycles. The fourth-order valence-corrected chi connectivity index (χ4v) is 9.45. The molecular formula is C41H34Cl2FN3O7. The number of aromatic hydroxyl groups is 1. The number of nitrogens with zero attached hydrogens (tertiary/aromatic N) is 2. The topological polar surface area (TPSA) is 125 Å². The van der Waals surface area contributed by atoms with Gasteiger partial charge < -0.3 is 14.6 Å². The van der Waals surface area contributed by atoms with E-state index in [-0.39, 0.29) is 36.0 Å². The molecule has 2 saturated heterocycles. The van der Waals surface area contributed by atoms with Gasteiger partial charge in [0.25, 0.3) is 11.8 Å². The van der Waals surface area contributed by atoms with Gasteiger partial charge in [-0.05, 0) is 85.3 Å². The number of halogens is 3. The third-order valence-corrected chi connectivity index (χ3v) is 12.1. The molecule has 3 fully saturated rings. The number of ether oxygens (including phenoxy) is 2. The van der Waals surface area contributed by atoms with Gasteiger partial charge in [-0.3, -0.25) is 24.6 Å². The molecular weight excluding hydrogens is 736 g/mol. The molecule has 2 N–H and O–H groups in total. The number of hydrogen-bond acceptors (Lipinski definition) is 8. The van der Waals surface area contributed by atoms with E-state index in [0.717, 1.165) is 10.6 Å². The molecule has 2 heterocycles. The second-order valence-corrected chi connectivity index (χ2v) is 14.9. The molecule has 0 bridgehead atoms. The van der Waals surface area contributed by atoms with Gasteiger partial charge in [0.2, 0.25) is 11.8 Å². The molecule has 2 aliphatic carbocycles. The van der Waals surface area contributed by atoms with Crippen molar-refractivity contribution in [3.05, 3.63) is 123 Å². The average Bonchev–Trinajstić information content (AvgIpc) is 3.54. The lowest BCUT2D eigenvalue weighted by Gasteiger charge is -2.51. The van der Waals surface area contributed by atoms with Crippen molar-refractivity contribution >= 4 is 58.2 Å². The van der Waals surface area contributed by atoms with Crippen LogP contribution >= 0.6 is 23.2 Å². The van der Waals surface area contributed by atoms with Crippen molar-refractivity contribution in [1.29, 1.82) is 0 Å². The van der Waals surface area contributed by atoms with Crippen LogP contribution in [-0.4, -0.2) is 48.0 Å². The molecule has 8 rings (SSSR count). The van der Waals surface area contributed by atoms with Gasteiger partial charge in [-0.25, -0.2) is 9.29 Å². The van der Waals surface area contributed by atoms with Crippen molar-refractivity contribution in [2.75, 3.05) is 24.5 Å². The standard InChI is InChI=1S/C41H34Cl2FN3O7/c1-20-4-13-25(16-31(20)43)46-37(49)28-15-14-27-29(34(28)39(46)51)19-30-38(50)47(45-24-11-9-23(44)10-12-24)40(52)41(30,21-5-7-22(42)8-6-21)36(27)35-32(53-2)17-26(48)18-33(35)54-3/h4-14,16-18,28-30,34,36,45,48H,15,19H2,1-3H3. The smallest absolute Gasteiger partial charge is 0.260 e. The number of phenols is 1. The number of allylic oxidation sites excluding steroid dienone is 2. The molecule has 1 saturated carbocycles. The van der Waals surface area contributed by atoms with Crippen LogP contribution in [0.5, 0.6) is 17.2 Å². The molecule has 0 aromatic heterocycles. The first kappa shape index (κ1) is 35.6. The highest BCUT2D eigenvalue weighted by Crippen LogP contribution is 2.66. The molecule has 10 nitrogen and oxygen atoms in total. The maximum atomic E-state index is 15.4. The zero-order valence-electron chi connectivity index (χ0n) is 29.3. The Morgan fingerprint density at radius 3 is 2.15 bits per heavy atom. The van der Waals surface area contributed by atoms with Gasteiger partial charge in [-0.2, -0.15) is 5.01 Å². The molecule has 6 atom stereocenters. The Labute approximate surface area is 320 Å². The summed E-state index contributed by atoms with van der Waals surface area (Å²) in [6.07, 6.45) is 2.11. The summed E-state index contributed by atoms with van der Waals surface area (Å²) in [5, 5.41) is 12.5. The van der Waals surface area contributed by atoms with Gasteiger partial charge in [-0.15, -0.1) is 0 Å². The largest absolute Gasteiger partial charge is 0.508 e. The van der Waals surface area contributed by atoms with Gasteiger partial charge in [0, 0.05) is 33.7 Å². The van der Waals surface area contributed by atoms with Crippen LogP contribution in [0.3, 0.4) is 0 Å². The lowest BCUT2D eigenvalue weighted by molar-refractivity contribution is -0.138. The van der Waals surface area contributed by atoms with E-state index in [4.69, 9.17) is 32.7 Å². The molecule has 4 amide bonds. The number of fused-ring (bicyclic) bond motifs is 4. The minimum Gasteiger partial charge on any atom is -0.508 e. The zero-order chi connectivity index (χ0) is 38.2. The van der Waals surface area contributed by atoms with Crippen LogP contribution in [0, 0.1) is 36.4 Å². The Morgan fingerprint density at radius 1 is 0.852 bits per heavy atom. The summed E-state index contributed by atoms with van der Waals surface area (Å²) in [7, 11) is 2.84. The number of benzene rings is 4. The highest BCUT2D eigenvalue weighted by Gasteiger charge is 2.71. The van der Waals surface area contributed by atoms with E-state index in [1.165, 1.54) is 55.5 Å². The van der Waals surface area contributed by atoms with E-state index in [1.807, 2.05) is 13.0 Å². The van der Waals surface area contributed by atoms with Crippen LogP contribution in [-0.2, 0) is 24.6 Å². The predicted molar refractivity (Wildman–Crippen MR) is 199 cm³/mol. The number of imide groups is 2. The van der Waals surface area contributed by atoms with Gasteiger partial charge in [0.15, 0.2) is 0 Å². The number of phenolic OH excluding ortho intramolecular Hbond substituents is 1.